The van der Waals surface area contributed by atoms with Crippen LogP contribution in [0.25, 0.3) is 16.8 Å². The fourth-order valence-electron chi connectivity index (χ4n) is 5.72. The highest BCUT2D eigenvalue weighted by molar-refractivity contribution is 5.95. The molecule has 4 rings (SSSR count). The van der Waals surface area contributed by atoms with E-state index < -0.39 is 0 Å². The Labute approximate surface area is 247 Å². The number of rotatable bonds is 14. The van der Waals surface area contributed by atoms with Gasteiger partial charge in [0.25, 0.3) is 5.91 Å². The molecule has 3 heterocycles. The van der Waals surface area contributed by atoms with E-state index in [0.717, 1.165) is 86.5 Å². The van der Waals surface area contributed by atoms with Crippen LogP contribution in [-0.2, 0) is 6.42 Å². The topological polar surface area (TPSA) is 62.1 Å². The Bertz CT molecular complexity index is 1230. The van der Waals surface area contributed by atoms with E-state index in [2.05, 4.69) is 68.1 Å². The van der Waals surface area contributed by atoms with Crippen molar-refractivity contribution in [1.29, 1.82) is 0 Å². The van der Waals surface area contributed by atoms with Gasteiger partial charge in [-0.2, -0.15) is 5.10 Å². The van der Waals surface area contributed by atoms with Gasteiger partial charge in [-0.15, -0.1) is 0 Å². The van der Waals surface area contributed by atoms with Gasteiger partial charge < -0.3 is 19.9 Å². The highest BCUT2D eigenvalue weighted by Gasteiger charge is 2.22. The zero-order chi connectivity index (χ0) is 29.4. The molecule has 7 heteroatoms. The van der Waals surface area contributed by atoms with Crippen molar-refractivity contribution < 1.29 is 9.53 Å². The summed E-state index contributed by atoms with van der Waals surface area (Å²) in [4.78, 5) is 18.4. The fraction of sp³-hybridized carbons (Fsp3) is 0.588. The maximum Gasteiger partial charge on any atom is 0.253 e. The molecule has 7 nitrogen and oxygen atoms in total. The summed E-state index contributed by atoms with van der Waals surface area (Å²) in [5.74, 6) is 2.07. The van der Waals surface area contributed by atoms with E-state index in [1.54, 1.807) is 7.11 Å². The number of amides is 1. The van der Waals surface area contributed by atoms with Crippen LogP contribution >= 0.6 is 0 Å². The molecule has 1 aliphatic heterocycles. The zero-order valence-corrected chi connectivity index (χ0v) is 26.2. The Hall–Kier alpha value is -2.90. The lowest BCUT2D eigenvalue weighted by Crippen LogP contribution is -2.41. The van der Waals surface area contributed by atoms with E-state index in [4.69, 9.17) is 9.84 Å². The van der Waals surface area contributed by atoms with Gasteiger partial charge >= 0.3 is 0 Å². The average molecular weight is 562 g/mol. The minimum Gasteiger partial charge on any atom is -0.497 e. The molecule has 0 unspecified atom stereocenters. The van der Waals surface area contributed by atoms with Crippen molar-refractivity contribution in [2.75, 3.05) is 46.9 Å². The van der Waals surface area contributed by atoms with Crippen LogP contribution in [0.2, 0.25) is 0 Å². The van der Waals surface area contributed by atoms with E-state index in [9.17, 15) is 4.79 Å². The van der Waals surface area contributed by atoms with Gasteiger partial charge in [-0.25, -0.2) is 4.52 Å². The molecule has 1 saturated heterocycles. The van der Waals surface area contributed by atoms with E-state index in [-0.39, 0.29) is 5.91 Å². The number of carbonyl (C=O) groups is 1. The van der Waals surface area contributed by atoms with Crippen molar-refractivity contribution in [3.8, 4) is 17.0 Å². The lowest BCUT2D eigenvalue weighted by molar-refractivity contribution is 0.0741. The SMILES string of the molecule is COc1ccc(-c2nn3ccc(C(=O)N(CCC(C)C)CCC(C)C)cc3c2CCCN(C)C2CCNCC2)cc1. The van der Waals surface area contributed by atoms with Crippen LogP contribution in [0.5, 0.6) is 5.75 Å². The van der Waals surface area contributed by atoms with Crippen molar-refractivity contribution in [1.82, 2.24) is 24.7 Å². The number of nitrogens with zero attached hydrogens (tertiary/aromatic N) is 4. The summed E-state index contributed by atoms with van der Waals surface area (Å²) < 4.78 is 7.35. The molecule has 0 saturated carbocycles. The molecule has 2 aromatic heterocycles. The van der Waals surface area contributed by atoms with Crippen molar-refractivity contribution in [3.05, 3.63) is 53.7 Å². The molecule has 0 aliphatic carbocycles. The Balaban J connectivity index is 1.63. The number of nitrogens with one attached hydrogen (secondary N) is 1. The predicted octanol–water partition coefficient (Wildman–Crippen LogP) is 6.16. The lowest BCUT2D eigenvalue weighted by atomic mass is 10.0. The third kappa shape index (κ3) is 8.32. The molecule has 3 aromatic rings. The zero-order valence-electron chi connectivity index (χ0n) is 26.2. The number of aryl methyl sites for hydroxylation is 1. The number of pyridine rings is 1. The van der Waals surface area contributed by atoms with Gasteiger partial charge in [-0.3, -0.25) is 4.79 Å². The largest absolute Gasteiger partial charge is 0.497 e. The summed E-state index contributed by atoms with van der Waals surface area (Å²) in [5, 5.41) is 8.49. The van der Waals surface area contributed by atoms with E-state index >= 15 is 0 Å². The number of aromatic nitrogens is 2. The second-order valence-electron chi connectivity index (χ2n) is 12.5. The number of fused-ring (bicyclic) bond motifs is 1. The molecule has 0 atom stereocenters. The van der Waals surface area contributed by atoms with Crippen molar-refractivity contribution in [2.45, 2.75) is 72.3 Å². The number of methoxy groups -OCH3 is 1. The number of ether oxygens (including phenoxy) is 1. The molecule has 41 heavy (non-hydrogen) atoms. The maximum absolute atomic E-state index is 13.8. The summed E-state index contributed by atoms with van der Waals surface area (Å²) in [7, 11) is 3.95. The fourth-order valence-corrected chi connectivity index (χ4v) is 5.72. The predicted molar refractivity (Wildman–Crippen MR) is 169 cm³/mol. The third-order valence-electron chi connectivity index (χ3n) is 8.46. The van der Waals surface area contributed by atoms with E-state index in [1.165, 1.54) is 18.4 Å². The lowest BCUT2D eigenvalue weighted by Gasteiger charge is -2.31. The van der Waals surface area contributed by atoms with Crippen LogP contribution in [0.1, 0.15) is 75.7 Å². The molecule has 0 spiro atoms. The van der Waals surface area contributed by atoms with Crippen molar-refractivity contribution >= 4 is 11.4 Å². The van der Waals surface area contributed by atoms with Crippen LogP contribution in [0.15, 0.2) is 42.6 Å². The van der Waals surface area contributed by atoms with Gasteiger partial charge in [0.1, 0.15) is 5.75 Å². The van der Waals surface area contributed by atoms with Gasteiger partial charge in [0.15, 0.2) is 0 Å². The molecular weight excluding hydrogens is 510 g/mol. The van der Waals surface area contributed by atoms with Gasteiger partial charge in [0, 0.05) is 42.0 Å². The first-order chi connectivity index (χ1) is 19.8. The van der Waals surface area contributed by atoms with Crippen molar-refractivity contribution in [2.24, 2.45) is 11.8 Å². The van der Waals surface area contributed by atoms with Crippen LogP contribution in [0.4, 0.5) is 0 Å². The third-order valence-corrected chi connectivity index (χ3v) is 8.46. The first kappa shape index (κ1) is 31.0. The van der Waals surface area contributed by atoms with Crippen LogP contribution < -0.4 is 10.1 Å². The Kier molecular flexibility index (Phi) is 11.2. The van der Waals surface area contributed by atoms with Gasteiger partial charge in [-0.05, 0) is 113 Å². The Morgan fingerprint density at radius 2 is 1.68 bits per heavy atom. The molecular formula is C34H51N5O2. The number of piperidine rings is 1. The second kappa shape index (κ2) is 14.8. The number of benzene rings is 1. The maximum atomic E-state index is 13.8. The number of carbonyl (C=O) groups excluding carboxylic acids is 1. The molecule has 1 aromatic carbocycles. The van der Waals surface area contributed by atoms with Crippen molar-refractivity contribution in [3.63, 3.8) is 0 Å². The Morgan fingerprint density at radius 1 is 1.02 bits per heavy atom. The molecule has 1 N–H and O–H groups in total. The summed E-state index contributed by atoms with van der Waals surface area (Å²) in [6.07, 6.45) is 8.34. The minimum atomic E-state index is 0.123. The van der Waals surface area contributed by atoms with Gasteiger partial charge in [0.05, 0.1) is 18.3 Å². The normalized spacial score (nSPS) is 14.5. The first-order valence-corrected chi connectivity index (χ1v) is 15.6. The molecule has 1 fully saturated rings. The van der Waals surface area contributed by atoms with E-state index in [1.807, 2.05) is 28.9 Å². The molecule has 224 valence electrons. The highest BCUT2D eigenvalue weighted by Crippen LogP contribution is 2.30. The van der Waals surface area contributed by atoms with E-state index in [0.29, 0.717) is 17.9 Å². The van der Waals surface area contributed by atoms with Crippen LogP contribution in [-0.4, -0.2) is 78.2 Å². The van der Waals surface area contributed by atoms with Crippen LogP contribution in [0, 0.1) is 11.8 Å². The second-order valence-corrected chi connectivity index (χ2v) is 12.5. The van der Waals surface area contributed by atoms with Crippen LogP contribution in [0.3, 0.4) is 0 Å². The Morgan fingerprint density at radius 3 is 2.29 bits per heavy atom. The standard InChI is InChI=1S/C34H51N5O2/c1-25(2)15-21-38(22-16-26(3)4)34(40)28-17-23-39-32(24-28)31(8-7-20-37(5)29-13-18-35-19-14-29)33(36-39)27-9-11-30(41-6)12-10-27/h9-12,17,23-26,29,35H,7-8,13-16,18-22H2,1-6H3. The summed E-state index contributed by atoms with van der Waals surface area (Å²) >= 11 is 0. The number of hydrogen-bond acceptors (Lipinski definition) is 5. The quantitative estimate of drug-likeness (QED) is 0.255. The minimum absolute atomic E-state index is 0.123. The summed E-state index contributed by atoms with van der Waals surface area (Å²) in [5.41, 5.74) is 5.04. The molecule has 1 amide bonds. The summed E-state index contributed by atoms with van der Waals surface area (Å²) in [6.45, 7) is 13.7. The summed E-state index contributed by atoms with van der Waals surface area (Å²) in [6, 6.07) is 12.8. The number of hydrogen-bond donors (Lipinski definition) is 1. The molecule has 0 bridgehead atoms. The first-order valence-electron chi connectivity index (χ1n) is 15.6. The van der Waals surface area contributed by atoms with Gasteiger partial charge in [-0.1, -0.05) is 27.7 Å². The van der Waals surface area contributed by atoms with Gasteiger partial charge in [0.2, 0.25) is 0 Å². The highest BCUT2D eigenvalue weighted by atomic mass is 16.5. The smallest absolute Gasteiger partial charge is 0.253 e. The average Bonchev–Trinajstić information content (AvgIpc) is 3.34. The molecule has 1 aliphatic rings. The molecule has 0 radical (unpaired) electrons. The monoisotopic (exact) mass is 561 g/mol.